The fourth-order valence-corrected chi connectivity index (χ4v) is 4.57. The highest BCUT2D eigenvalue weighted by Gasteiger charge is 2.48. The average molecular weight is 500 g/mol. The van der Waals surface area contributed by atoms with Gasteiger partial charge in [0.25, 0.3) is 0 Å². The first kappa shape index (κ1) is 23.3. The number of imidazole rings is 1. The number of nitrogens with two attached hydrogens (primary N) is 1. The lowest BCUT2D eigenvalue weighted by molar-refractivity contribution is -0.0508. The number of aliphatic hydroxyl groups is 2. The van der Waals surface area contributed by atoms with Crippen LogP contribution < -0.4 is 15.9 Å². The van der Waals surface area contributed by atoms with Crippen LogP contribution in [0.1, 0.15) is 17.4 Å². The van der Waals surface area contributed by atoms with Crippen molar-refractivity contribution in [1.82, 2.24) is 19.5 Å². The summed E-state index contributed by atoms with van der Waals surface area (Å²) in [6, 6.07) is 14.4. The quantitative estimate of drug-likeness (QED) is 0.317. The maximum Gasteiger partial charge on any atom is 0.494 e. The molecule has 4 atom stereocenters. The number of fused-ring (bicyclic) bond motifs is 2. The maximum absolute atomic E-state index is 11.1. The first-order valence-corrected chi connectivity index (χ1v) is 11.5. The van der Waals surface area contributed by atoms with Crippen LogP contribution in [0, 0.1) is 11.3 Å². The van der Waals surface area contributed by atoms with Gasteiger partial charge in [0.05, 0.1) is 31.2 Å². The molecule has 1 unspecified atom stereocenters. The molecule has 2 aromatic heterocycles. The van der Waals surface area contributed by atoms with E-state index in [9.17, 15) is 10.2 Å². The van der Waals surface area contributed by atoms with Crippen LogP contribution in [0.25, 0.3) is 11.2 Å². The van der Waals surface area contributed by atoms with Crippen LogP contribution in [-0.4, -0.2) is 61.8 Å². The van der Waals surface area contributed by atoms with Gasteiger partial charge in [0.1, 0.15) is 41.7 Å². The van der Waals surface area contributed by atoms with Crippen molar-refractivity contribution in [2.45, 2.75) is 31.1 Å². The number of anilines is 1. The summed E-state index contributed by atoms with van der Waals surface area (Å²) in [6.45, 7) is -0.0945. The third-order valence-electron chi connectivity index (χ3n) is 6.41. The average Bonchev–Trinajstić information content (AvgIpc) is 3.61. The van der Waals surface area contributed by atoms with E-state index in [2.05, 4.69) is 21.0 Å². The van der Waals surface area contributed by atoms with Gasteiger partial charge in [-0.1, -0.05) is 6.07 Å². The normalized spacial score (nSPS) is 22.8. The van der Waals surface area contributed by atoms with E-state index in [1.54, 1.807) is 34.9 Å². The van der Waals surface area contributed by atoms with Gasteiger partial charge >= 0.3 is 7.12 Å². The van der Waals surface area contributed by atoms with E-state index < -0.39 is 31.7 Å². The molecule has 2 aromatic carbocycles. The Morgan fingerprint density at radius 1 is 1.16 bits per heavy atom. The summed E-state index contributed by atoms with van der Waals surface area (Å²) in [7, 11) is -0.771. The lowest BCUT2D eigenvalue weighted by Gasteiger charge is -2.22. The van der Waals surface area contributed by atoms with Crippen molar-refractivity contribution in [3.63, 3.8) is 0 Å². The minimum atomic E-state index is -1.16. The minimum Gasteiger partial charge on any atom is -0.457 e. The van der Waals surface area contributed by atoms with Crippen LogP contribution in [0.3, 0.4) is 0 Å². The van der Waals surface area contributed by atoms with Gasteiger partial charge in [0.15, 0.2) is 17.7 Å². The summed E-state index contributed by atoms with van der Waals surface area (Å²) in [6.07, 6.45) is -1.02. The Morgan fingerprint density at radius 2 is 1.97 bits per heavy atom. The molecule has 0 bridgehead atoms. The zero-order chi connectivity index (χ0) is 25.5. The number of ether oxygens (including phenoxy) is 2. The van der Waals surface area contributed by atoms with Crippen LogP contribution in [0.15, 0.2) is 55.1 Å². The van der Waals surface area contributed by atoms with Crippen molar-refractivity contribution in [2.75, 3.05) is 12.3 Å². The molecule has 0 spiro atoms. The van der Waals surface area contributed by atoms with Crippen molar-refractivity contribution < 1.29 is 29.0 Å². The summed E-state index contributed by atoms with van der Waals surface area (Å²) in [4.78, 5) is 12.3. The number of nitrogen functional groups attached to an aromatic ring is 1. The van der Waals surface area contributed by atoms with E-state index in [1.807, 2.05) is 12.1 Å². The second-order valence-corrected chi connectivity index (χ2v) is 8.66. The van der Waals surface area contributed by atoms with E-state index in [1.165, 1.54) is 12.7 Å². The smallest absolute Gasteiger partial charge is 0.457 e. The Bertz CT molecular complexity index is 1490. The predicted octanol–water partition coefficient (Wildman–Crippen LogP) is 0.634. The molecule has 2 aliphatic rings. The maximum atomic E-state index is 11.1. The molecule has 0 aliphatic carbocycles. The molecular formula is C24H21BN6O6. The predicted molar refractivity (Wildman–Crippen MR) is 129 cm³/mol. The number of hydrogen-bond donors (Lipinski definition) is 3. The Labute approximate surface area is 211 Å². The topological polar surface area (TPSA) is 171 Å². The number of aromatic nitrogens is 4. The van der Waals surface area contributed by atoms with Gasteiger partial charge in [-0.15, -0.1) is 0 Å². The molecule has 1 fully saturated rings. The molecule has 0 saturated carbocycles. The van der Waals surface area contributed by atoms with Crippen molar-refractivity contribution in [3.8, 4) is 17.6 Å². The highest BCUT2D eigenvalue weighted by Crippen LogP contribution is 2.34. The number of rotatable bonds is 6. The number of hydrogen-bond acceptors (Lipinski definition) is 11. The Kier molecular flexibility index (Phi) is 5.95. The SMILES string of the molecule is N#Cc1ccc(Oc2ccc3c(c2)COB3O[C@@H]2C(O)[C@H](n3cnc4c(N)ncnc43)O[C@@H]2CO)cc1. The van der Waals surface area contributed by atoms with Crippen LogP contribution in [-0.2, 0) is 20.7 Å². The van der Waals surface area contributed by atoms with Gasteiger partial charge in [-0.25, -0.2) is 15.0 Å². The summed E-state index contributed by atoms with van der Waals surface area (Å²) < 4.78 is 25.4. The van der Waals surface area contributed by atoms with E-state index in [-0.39, 0.29) is 19.0 Å². The van der Waals surface area contributed by atoms with Gasteiger partial charge in [-0.05, 0) is 47.4 Å². The Balaban J connectivity index is 1.19. The molecule has 2 aliphatic heterocycles. The summed E-state index contributed by atoms with van der Waals surface area (Å²) in [5.41, 5.74) is 8.86. The molecule has 186 valence electrons. The molecule has 0 amide bonds. The van der Waals surface area contributed by atoms with Crippen molar-refractivity contribution in [2.24, 2.45) is 0 Å². The largest absolute Gasteiger partial charge is 0.494 e. The Hall–Kier alpha value is -4.06. The lowest BCUT2D eigenvalue weighted by Crippen LogP contribution is -2.44. The molecule has 13 heteroatoms. The molecule has 37 heavy (non-hydrogen) atoms. The summed E-state index contributed by atoms with van der Waals surface area (Å²) >= 11 is 0. The monoisotopic (exact) mass is 500 g/mol. The molecule has 6 rings (SSSR count). The van der Waals surface area contributed by atoms with Crippen LogP contribution >= 0.6 is 0 Å². The zero-order valence-electron chi connectivity index (χ0n) is 19.3. The number of aliphatic hydroxyl groups excluding tert-OH is 2. The Morgan fingerprint density at radius 3 is 2.76 bits per heavy atom. The van der Waals surface area contributed by atoms with Gasteiger partial charge in [0.2, 0.25) is 0 Å². The molecular weight excluding hydrogens is 479 g/mol. The van der Waals surface area contributed by atoms with Crippen molar-refractivity contribution >= 4 is 29.6 Å². The molecule has 1 saturated heterocycles. The summed E-state index contributed by atoms with van der Waals surface area (Å²) in [5.74, 6) is 1.42. The first-order chi connectivity index (χ1) is 18.1. The lowest BCUT2D eigenvalue weighted by atomic mass is 9.78. The molecule has 4 N–H and O–H groups in total. The third kappa shape index (κ3) is 4.16. The van der Waals surface area contributed by atoms with E-state index in [4.69, 9.17) is 29.8 Å². The van der Waals surface area contributed by atoms with Crippen LogP contribution in [0.4, 0.5) is 5.82 Å². The fourth-order valence-electron chi connectivity index (χ4n) is 4.57. The minimum absolute atomic E-state index is 0.209. The highest BCUT2D eigenvalue weighted by molar-refractivity contribution is 6.62. The second kappa shape index (κ2) is 9.43. The van der Waals surface area contributed by atoms with Crippen LogP contribution in [0.5, 0.6) is 11.5 Å². The van der Waals surface area contributed by atoms with Gasteiger partial charge in [0, 0.05) is 0 Å². The third-order valence-corrected chi connectivity index (χ3v) is 6.41. The van der Waals surface area contributed by atoms with Gasteiger partial charge < -0.3 is 34.7 Å². The first-order valence-electron chi connectivity index (χ1n) is 11.5. The molecule has 4 aromatic rings. The van der Waals surface area contributed by atoms with Crippen LogP contribution in [0.2, 0.25) is 0 Å². The van der Waals surface area contributed by atoms with E-state index in [0.29, 0.717) is 28.2 Å². The van der Waals surface area contributed by atoms with Gasteiger partial charge in [-0.3, -0.25) is 4.57 Å². The van der Waals surface area contributed by atoms with Crippen molar-refractivity contribution in [3.05, 3.63) is 66.2 Å². The summed E-state index contributed by atoms with van der Waals surface area (Å²) in [5, 5.41) is 30.0. The van der Waals surface area contributed by atoms with Gasteiger partial charge in [-0.2, -0.15) is 5.26 Å². The number of nitriles is 1. The molecule has 4 heterocycles. The zero-order valence-corrected chi connectivity index (χ0v) is 19.3. The second-order valence-electron chi connectivity index (χ2n) is 8.66. The number of nitrogens with zero attached hydrogens (tertiary/aromatic N) is 5. The molecule has 0 radical (unpaired) electrons. The fraction of sp³-hybridized carbons (Fsp3) is 0.250. The standard InChI is InChI=1S/C24H21BN6O6/c26-8-13-1-3-15(4-2-13)35-16-5-6-17-14(7-16)10-34-25(17)37-21-18(9-32)36-24(20(21)33)31-12-30-19-22(27)28-11-29-23(19)31/h1-7,11-12,18,20-21,24,32-33H,9-10H2,(H2,27,28,29)/t18-,20?,21+,24-/m1/s1. The van der Waals surface area contributed by atoms with E-state index >= 15 is 0 Å². The van der Waals surface area contributed by atoms with Crippen molar-refractivity contribution in [1.29, 1.82) is 5.26 Å². The number of benzene rings is 2. The highest BCUT2D eigenvalue weighted by atomic mass is 16.6. The molecule has 12 nitrogen and oxygen atoms in total. The van der Waals surface area contributed by atoms with E-state index in [0.717, 1.165) is 11.0 Å².